The summed E-state index contributed by atoms with van der Waals surface area (Å²) in [6.45, 7) is 14.8. The number of thioether (sulfide) groups is 1. The molecule has 0 saturated carbocycles. The van der Waals surface area contributed by atoms with Gasteiger partial charge in [-0.1, -0.05) is 59.2 Å². The zero-order valence-electron chi connectivity index (χ0n) is 11.8. The Bertz CT molecular complexity index is 313. The topological polar surface area (TPSA) is 0 Å². The highest BCUT2D eigenvalue weighted by molar-refractivity contribution is 8.01. The molecule has 92 valence electrons. The van der Waals surface area contributed by atoms with E-state index in [1.165, 1.54) is 22.4 Å². The molecule has 0 unspecified atom stereocenters. The van der Waals surface area contributed by atoms with E-state index in [4.69, 9.17) is 0 Å². The van der Waals surface area contributed by atoms with Crippen LogP contribution in [0.4, 0.5) is 0 Å². The van der Waals surface area contributed by atoms with Crippen molar-refractivity contribution in [3.8, 4) is 0 Å². The second kappa shape index (κ2) is 7.01. The highest BCUT2D eigenvalue weighted by Crippen LogP contribution is 2.44. The lowest BCUT2D eigenvalue weighted by Gasteiger charge is -2.13. The largest absolute Gasteiger partial charge is 0.119 e. The molecule has 0 saturated heterocycles. The van der Waals surface area contributed by atoms with Gasteiger partial charge in [0.25, 0.3) is 0 Å². The number of benzene rings is 1. The summed E-state index contributed by atoms with van der Waals surface area (Å²) >= 11 is 2.00. The average Bonchev–Trinajstić information content (AvgIpc) is 2.57. The van der Waals surface area contributed by atoms with Crippen LogP contribution in [0.2, 0.25) is 0 Å². The quantitative estimate of drug-likeness (QED) is 0.577. The molecule has 1 heterocycles. The first-order valence-electron chi connectivity index (χ1n) is 6.35. The zero-order chi connectivity index (χ0) is 12.8. The van der Waals surface area contributed by atoms with Crippen molar-refractivity contribution in [1.29, 1.82) is 0 Å². The van der Waals surface area contributed by atoms with Crippen molar-refractivity contribution in [3.05, 3.63) is 29.3 Å². The first kappa shape index (κ1) is 15.6. The number of aryl methyl sites for hydroxylation is 1. The van der Waals surface area contributed by atoms with Gasteiger partial charge in [0.2, 0.25) is 0 Å². The highest BCUT2D eigenvalue weighted by atomic mass is 32.2. The molecule has 1 heteroatoms. The van der Waals surface area contributed by atoms with Gasteiger partial charge in [-0.3, -0.25) is 0 Å². The maximum atomic E-state index is 2.32. The second-order valence-corrected chi connectivity index (χ2v) is 5.90. The molecule has 2 rings (SSSR count). The molecular formula is C15H26S. The van der Waals surface area contributed by atoms with Gasteiger partial charge in [0.15, 0.2) is 0 Å². The summed E-state index contributed by atoms with van der Waals surface area (Å²) in [6.07, 6.45) is 1.22. The summed E-state index contributed by atoms with van der Waals surface area (Å²) in [5, 5.41) is 0. The van der Waals surface area contributed by atoms with Crippen molar-refractivity contribution in [2.45, 2.75) is 64.5 Å². The molecule has 1 aromatic rings. The minimum Gasteiger partial charge on any atom is -0.119 e. The minimum atomic E-state index is 0.413. The second-order valence-electron chi connectivity index (χ2n) is 4.15. The maximum Gasteiger partial charge on any atom is 0.0191 e. The van der Waals surface area contributed by atoms with E-state index in [9.17, 15) is 0 Å². The third-order valence-electron chi connectivity index (χ3n) is 2.22. The first-order valence-corrected chi connectivity index (χ1v) is 7.17. The minimum absolute atomic E-state index is 0.413. The van der Waals surface area contributed by atoms with Gasteiger partial charge in [0.05, 0.1) is 0 Å². The van der Waals surface area contributed by atoms with E-state index in [0.717, 1.165) is 0 Å². The normalized spacial score (nSPS) is 15.2. The standard InChI is InChI=1S/C11H14S.2C2H6/c1-8-4-5-10-9(6-8)7-11(2,3)12-10;2*1-2/h4-6H,7H2,1-3H3;2*1-2H3. The fraction of sp³-hybridized carbons (Fsp3) is 0.600. The smallest absolute Gasteiger partial charge is 0.0191 e. The Balaban J connectivity index is 0.000000509. The fourth-order valence-electron chi connectivity index (χ4n) is 1.74. The van der Waals surface area contributed by atoms with Crippen molar-refractivity contribution in [2.75, 3.05) is 0 Å². The molecule has 16 heavy (non-hydrogen) atoms. The van der Waals surface area contributed by atoms with Gasteiger partial charge in [-0.2, -0.15) is 0 Å². The van der Waals surface area contributed by atoms with Crippen LogP contribution in [0, 0.1) is 6.92 Å². The van der Waals surface area contributed by atoms with E-state index in [2.05, 4.69) is 39.0 Å². The lowest BCUT2D eigenvalue weighted by Crippen LogP contribution is -2.11. The molecule has 1 aromatic carbocycles. The Morgan fingerprint density at radius 3 is 2.19 bits per heavy atom. The fourth-order valence-corrected chi connectivity index (χ4v) is 2.96. The Hall–Kier alpha value is -0.430. The summed E-state index contributed by atoms with van der Waals surface area (Å²) in [5.41, 5.74) is 2.91. The third kappa shape index (κ3) is 4.21. The van der Waals surface area contributed by atoms with Crippen LogP contribution in [0.1, 0.15) is 52.7 Å². The third-order valence-corrected chi connectivity index (χ3v) is 3.53. The van der Waals surface area contributed by atoms with Crippen molar-refractivity contribution in [3.63, 3.8) is 0 Å². The summed E-state index contributed by atoms with van der Waals surface area (Å²) in [6, 6.07) is 6.77. The molecule has 0 amide bonds. The van der Waals surface area contributed by atoms with Crippen LogP contribution in [0.3, 0.4) is 0 Å². The average molecular weight is 238 g/mol. The van der Waals surface area contributed by atoms with Gasteiger partial charge in [0, 0.05) is 9.64 Å². The molecule has 0 aliphatic carbocycles. The van der Waals surface area contributed by atoms with Gasteiger partial charge < -0.3 is 0 Å². The van der Waals surface area contributed by atoms with E-state index in [1.54, 1.807) is 0 Å². The molecule has 0 fully saturated rings. The summed E-state index contributed by atoms with van der Waals surface area (Å²) in [5.74, 6) is 0. The molecule has 0 aromatic heterocycles. The van der Waals surface area contributed by atoms with Crippen molar-refractivity contribution in [1.82, 2.24) is 0 Å². The van der Waals surface area contributed by atoms with Crippen molar-refractivity contribution >= 4 is 11.8 Å². The van der Waals surface area contributed by atoms with Crippen molar-refractivity contribution < 1.29 is 0 Å². The predicted molar refractivity (Wildman–Crippen MR) is 77.5 cm³/mol. The van der Waals surface area contributed by atoms with Gasteiger partial charge in [-0.25, -0.2) is 0 Å². The van der Waals surface area contributed by atoms with Gasteiger partial charge in [-0.15, -0.1) is 11.8 Å². The van der Waals surface area contributed by atoms with Gasteiger partial charge in [0.1, 0.15) is 0 Å². The van der Waals surface area contributed by atoms with Crippen LogP contribution in [0.15, 0.2) is 23.1 Å². The molecule has 0 nitrogen and oxygen atoms in total. The Labute approximate surface area is 106 Å². The number of hydrogen-bond donors (Lipinski definition) is 0. The van der Waals surface area contributed by atoms with Crippen LogP contribution in [-0.4, -0.2) is 4.75 Å². The van der Waals surface area contributed by atoms with Crippen LogP contribution in [0.25, 0.3) is 0 Å². The lowest BCUT2D eigenvalue weighted by molar-refractivity contribution is 0.723. The Morgan fingerprint density at radius 1 is 1.06 bits per heavy atom. The molecule has 1 aliphatic rings. The van der Waals surface area contributed by atoms with Gasteiger partial charge in [-0.05, 0) is 25.0 Å². The molecule has 0 N–H and O–H groups in total. The summed E-state index contributed by atoms with van der Waals surface area (Å²) < 4.78 is 0.413. The first-order chi connectivity index (χ1) is 7.57. The van der Waals surface area contributed by atoms with Crippen LogP contribution in [-0.2, 0) is 6.42 Å². The molecule has 1 aliphatic heterocycles. The predicted octanol–water partition coefficient (Wildman–Crippen LogP) is 5.47. The van der Waals surface area contributed by atoms with E-state index >= 15 is 0 Å². The number of rotatable bonds is 0. The van der Waals surface area contributed by atoms with Crippen LogP contribution < -0.4 is 0 Å². The molecule has 0 radical (unpaired) electrons. The summed E-state index contributed by atoms with van der Waals surface area (Å²) in [4.78, 5) is 1.48. The van der Waals surface area contributed by atoms with E-state index in [1.807, 2.05) is 39.5 Å². The zero-order valence-corrected chi connectivity index (χ0v) is 12.7. The van der Waals surface area contributed by atoms with Crippen molar-refractivity contribution in [2.24, 2.45) is 0 Å². The number of hydrogen-bond acceptors (Lipinski definition) is 1. The van der Waals surface area contributed by atoms with Crippen LogP contribution in [0.5, 0.6) is 0 Å². The summed E-state index contributed by atoms with van der Waals surface area (Å²) in [7, 11) is 0. The lowest BCUT2D eigenvalue weighted by atomic mass is 10.0. The van der Waals surface area contributed by atoms with E-state index in [0.29, 0.717) is 4.75 Å². The molecule has 0 spiro atoms. The molecule has 0 bridgehead atoms. The van der Waals surface area contributed by atoms with E-state index in [-0.39, 0.29) is 0 Å². The maximum absolute atomic E-state index is 2.32. The molecular weight excluding hydrogens is 212 g/mol. The van der Waals surface area contributed by atoms with Gasteiger partial charge >= 0.3 is 0 Å². The monoisotopic (exact) mass is 238 g/mol. The van der Waals surface area contributed by atoms with Crippen LogP contribution >= 0.6 is 11.8 Å². The number of fused-ring (bicyclic) bond motifs is 1. The SMILES string of the molecule is CC.CC.Cc1ccc2c(c1)CC(C)(C)S2. The Kier molecular flexibility index (Phi) is 6.82. The molecule has 0 atom stereocenters. The Morgan fingerprint density at radius 2 is 1.62 bits per heavy atom. The highest BCUT2D eigenvalue weighted by Gasteiger charge is 2.28. The van der Waals surface area contributed by atoms with E-state index < -0.39 is 0 Å².